The van der Waals surface area contributed by atoms with Crippen molar-refractivity contribution in [2.75, 3.05) is 38.1 Å². The van der Waals surface area contributed by atoms with E-state index in [1.165, 1.54) is 38.6 Å². The molecule has 0 saturated carbocycles. The van der Waals surface area contributed by atoms with Gasteiger partial charge in [-0.1, -0.05) is 6.42 Å². The van der Waals surface area contributed by atoms with E-state index in [1.54, 1.807) is 12.1 Å². The Morgan fingerprint density at radius 2 is 1.77 bits per heavy atom. The van der Waals surface area contributed by atoms with Gasteiger partial charge in [0.1, 0.15) is 5.82 Å². The minimum atomic E-state index is -0.156. The average Bonchev–Trinajstić information content (AvgIpc) is 2.55. The number of likely N-dealkylation sites (N-methyl/N-ethyl adjacent to an activating group) is 1. The molecule has 1 aromatic carbocycles. The molecule has 0 amide bonds. The highest BCUT2D eigenvalue weighted by atomic mass is 19.1. The quantitative estimate of drug-likeness (QED) is 0.923. The van der Waals surface area contributed by atoms with Gasteiger partial charge in [-0.05, 0) is 63.5 Å². The summed E-state index contributed by atoms with van der Waals surface area (Å²) in [5, 5.41) is 3.77. The van der Waals surface area contributed by atoms with Crippen LogP contribution in [-0.4, -0.2) is 50.2 Å². The third-order valence-electron chi connectivity index (χ3n) is 5.25. The summed E-state index contributed by atoms with van der Waals surface area (Å²) in [5.41, 5.74) is 1.15. The van der Waals surface area contributed by atoms with E-state index in [-0.39, 0.29) is 5.82 Å². The summed E-state index contributed by atoms with van der Waals surface area (Å²) < 4.78 is 13.0. The zero-order valence-electron chi connectivity index (χ0n) is 13.6. The van der Waals surface area contributed by atoms with Crippen molar-refractivity contribution in [2.24, 2.45) is 0 Å². The van der Waals surface area contributed by atoms with Gasteiger partial charge in [0.25, 0.3) is 0 Å². The van der Waals surface area contributed by atoms with Crippen molar-refractivity contribution >= 4 is 5.69 Å². The van der Waals surface area contributed by atoms with E-state index < -0.39 is 0 Å². The second kappa shape index (κ2) is 7.42. The molecule has 2 aliphatic rings. The molecule has 4 heteroatoms. The number of hydrogen-bond donors (Lipinski definition) is 1. The van der Waals surface area contributed by atoms with Crippen LogP contribution in [0.1, 0.15) is 32.1 Å². The van der Waals surface area contributed by atoms with Gasteiger partial charge in [-0.25, -0.2) is 4.39 Å². The molecule has 0 bridgehead atoms. The topological polar surface area (TPSA) is 18.5 Å². The maximum Gasteiger partial charge on any atom is 0.123 e. The first-order valence-electron chi connectivity index (χ1n) is 8.66. The van der Waals surface area contributed by atoms with Crippen LogP contribution in [-0.2, 0) is 0 Å². The highest BCUT2D eigenvalue weighted by molar-refractivity contribution is 5.46. The number of rotatable bonds is 4. The first-order valence-corrected chi connectivity index (χ1v) is 8.66. The van der Waals surface area contributed by atoms with Gasteiger partial charge >= 0.3 is 0 Å². The minimum Gasteiger partial charge on any atom is -0.371 e. The van der Waals surface area contributed by atoms with Crippen LogP contribution < -0.4 is 10.2 Å². The first-order chi connectivity index (χ1) is 10.7. The number of hydrogen-bond acceptors (Lipinski definition) is 3. The van der Waals surface area contributed by atoms with Crippen LogP contribution in [0.5, 0.6) is 0 Å². The molecule has 3 rings (SSSR count). The molecular weight excluding hydrogens is 277 g/mol. The monoisotopic (exact) mass is 305 g/mol. The van der Waals surface area contributed by atoms with Crippen molar-refractivity contribution in [1.82, 2.24) is 10.2 Å². The second-order valence-corrected chi connectivity index (χ2v) is 6.78. The maximum absolute atomic E-state index is 13.0. The van der Waals surface area contributed by atoms with E-state index in [1.807, 2.05) is 12.1 Å². The van der Waals surface area contributed by atoms with Crippen molar-refractivity contribution in [2.45, 2.75) is 44.2 Å². The van der Waals surface area contributed by atoms with Crippen LogP contribution in [0.15, 0.2) is 24.3 Å². The lowest BCUT2D eigenvalue weighted by Gasteiger charge is -2.37. The fraction of sp³-hybridized carbons (Fsp3) is 0.667. The maximum atomic E-state index is 13.0. The predicted molar refractivity (Wildman–Crippen MR) is 89.9 cm³/mol. The molecule has 2 fully saturated rings. The van der Waals surface area contributed by atoms with Crippen molar-refractivity contribution in [3.8, 4) is 0 Å². The lowest BCUT2D eigenvalue weighted by molar-refractivity contribution is 0.175. The summed E-state index contributed by atoms with van der Waals surface area (Å²) in [7, 11) is 2.25. The SMILES string of the molecule is CN1CCCC[C@H]1CNC1CCN(c2ccc(F)cc2)CC1. The van der Waals surface area contributed by atoms with Gasteiger partial charge in [-0.2, -0.15) is 0 Å². The Hall–Kier alpha value is -1.13. The normalized spacial score (nSPS) is 24.6. The number of benzene rings is 1. The molecule has 1 N–H and O–H groups in total. The predicted octanol–water partition coefficient (Wildman–Crippen LogP) is 2.87. The molecule has 2 aliphatic heterocycles. The van der Waals surface area contributed by atoms with Gasteiger partial charge < -0.3 is 15.1 Å². The molecule has 22 heavy (non-hydrogen) atoms. The van der Waals surface area contributed by atoms with E-state index >= 15 is 0 Å². The van der Waals surface area contributed by atoms with Crippen LogP contribution >= 0.6 is 0 Å². The Bertz CT molecular complexity index is 454. The smallest absolute Gasteiger partial charge is 0.123 e. The van der Waals surface area contributed by atoms with Crippen LogP contribution in [0.3, 0.4) is 0 Å². The number of piperidine rings is 2. The van der Waals surface area contributed by atoms with Gasteiger partial charge in [-0.15, -0.1) is 0 Å². The summed E-state index contributed by atoms with van der Waals surface area (Å²) in [6, 6.07) is 8.23. The molecule has 0 unspecified atom stereocenters. The highest BCUT2D eigenvalue weighted by Crippen LogP contribution is 2.21. The zero-order valence-corrected chi connectivity index (χ0v) is 13.6. The van der Waals surface area contributed by atoms with Crippen molar-refractivity contribution < 1.29 is 4.39 Å². The van der Waals surface area contributed by atoms with Gasteiger partial charge in [0.15, 0.2) is 0 Å². The van der Waals surface area contributed by atoms with E-state index in [2.05, 4.69) is 22.2 Å². The van der Waals surface area contributed by atoms with E-state index in [0.29, 0.717) is 12.1 Å². The zero-order chi connectivity index (χ0) is 15.4. The summed E-state index contributed by atoms with van der Waals surface area (Å²) in [5.74, 6) is -0.156. The molecule has 0 radical (unpaired) electrons. The van der Waals surface area contributed by atoms with Gasteiger partial charge in [0.2, 0.25) is 0 Å². The molecule has 1 aromatic rings. The van der Waals surface area contributed by atoms with Crippen LogP contribution in [0.2, 0.25) is 0 Å². The molecule has 122 valence electrons. The van der Waals surface area contributed by atoms with Crippen LogP contribution in [0.25, 0.3) is 0 Å². The second-order valence-electron chi connectivity index (χ2n) is 6.78. The number of halogens is 1. The van der Waals surface area contributed by atoms with Crippen molar-refractivity contribution in [3.63, 3.8) is 0 Å². The van der Waals surface area contributed by atoms with Gasteiger partial charge in [0, 0.05) is 37.4 Å². The summed E-state index contributed by atoms with van der Waals surface area (Å²) in [6.07, 6.45) is 6.41. The summed E-state index contributed by atoms with van der Waals surface area (Å²) >= 11 is 0. The van der Waals surface area contributed by atoms with Crippen LogP contribution in [0, 0.1) is 5.82 Å². The fourth-order valence-corrected chi connectivity index (χ4v) is 3.70. The molecular formula is C18H28FN3. The molecule has 3 nitrogen and oxygen atoms in total. The molecule has 2 heterocycles. The molecule has 0 spiro atoms. The number of nitrogens with zero attached hydrogens (tertiary/aromatic N) is 2. The Kier molecular flexibility index (Phi) is 5.32. The van der Waals surface area contributed by atoms with Crippen LogP contribution in [0.4, 0.5) is 10.1 Å². The third kappa shape index (κ3) is 3.99. The summed E-state index contributed by atoms with van der Waals surface area (Å²) in [6.45, 7) is 4.49. The number of likely N-dealkylation sites (tertiary alicyclic amines) is 1. The Morgan fingerprint density at radius 3 is 2.45 bits per heavy atom. The Morgan fingerprint density at radius 1 is 1.05 bits per heavy atom. The lowest BCUT2D eigenvalue weighted by atomic mass is 10.0. The van der Waals surface area contributed by atoms with Crippen molar-refractivity contribution in [3.05, 3.63) is 30.1 Å². The number of nitrogens with one attached hydrogen (secondary N) is 1. The fourth-order valence-electron chi connectivity index (χ4n) is 3.70. The van der Waals surface area contributed by atoms with E-state index in [0.717, 1.165) is 25.3 Å². The third-order valence-corrected chi connectivity index (χ3v) is 5.25. The first kappa shape index (κ1) is 15.8. The molecule has 0 aromatic heterocycles. The molecule has 1 atom stereocenters. The molecule has 0 aliphatic carbocycles. The highest BCUT2D eigenvalue weighted by Gasteiger charge is 2.22. The number of anilines is 1. The van der Waals surface area contributed by atoms with E-state index in [9.17, 15) is 4.39 Å². The Balaban J connectivity index is 1.42. The van der Waals surface area contributed by atoms with Gasteiger partial charge in [-0.3, -0.25) is 0 Å². The molecule has 2 saturated heterocycles. The van der Waals surface area contributed by atoms with E-state index in [4.69, 9.17) is 0 Å². The lowest BCUT2D eigenvalue weighted by Crippen LogP contribution is -2.48. The van der Waals surface area contributed by atoms with Gasteiger partial charge in [0.05, 0.1) is 0 Å². The minimum absolute atomic E-state index is 0.156. The van der Waals surface area contributed by atoms with Crippen molar-refractivity contribution in [1.29, 1.82) is 0 Å². The largest absolute Gasteiger partial charge is 0.371 e. The average molecular weight is 305 g/mol. The standard InChI is InChI=1S/C18H28FN3/c1-21-11-3-2-4-18(21)14-20-16-9-12-22(13-10-16)17-7-5-15(19)6-8-17/h5-8,16,18,20H,2-4,9-14H2,1H3/t18-/m0/s1. The Labute approximate surface area is 133 Å². The summed E-state index contributed by atoms with van der Waals surface area (Å²) in [4.78, 5) is 4.87.